The highest BCUT2D eigenvalue weighted by molar-refractivity contribution is 6.33. The molecule has 1 saturated heterocycles. The highest BCUT2D eigenvalue weighted by Gasteiger charge is 2.40. The first-order valence-corrected chi connectivity index (χ1v) is 12.1. The predicted octanol–water partition coefficient (Wildman–Crippen LogP) is 3.48. The topological polar surface area (TPSA) is 80.0 Å². The molecule has 2 heterocycles. The van der Waals surface area contributed by atoms with Crippen LogP contribution in [0, 0.1) is 22.6 Å². The van der Waals surface area contributed by atoms with E-state index in [1.165, 1.54) is 12.1 Å². The van der Waals surface area contributed by atoms with Gasteiger partial charge in [-0.3, -0.25) is 4.79 Å². The van der Waals surface area contributed by atoms with E-state index in [4.69, 9.17) is 16.3 Å². The Bertz CT molecular complexity index is 1110. The maximum atomic E-state index is 13.4. The number of ether oxygens (including phenoxy) is 1. The van der Waals surface area contributed by atoms with Gasteiger partial charge in [0.1, 0.15) is 11.6 Å². The lowest BCUT2D eigenvalue weighted by atomic mass is 9.75. The molecule has 1 amide bonds. The Hall–Kier alpha value is -3.02. The Morgan fingerprint density at radius 2 is 1.97 bits per heavy atom. The molecular weight excluding hydrogens is 471 g/mol. The number of hydrogen-bond donors (Lipinski definition) is 1. The highest BCUT2D eigenvalue weighted by atomic mass is 35.5. The summed E-state index contributed by atoms with van der Waals surface area (Å²) in [4.78, 5) is 19.0. The minimum atomic E-state index is -0.725. The third-order valence-corrected chi connectivity index (χ3v) is 7.18. The third-order valence-electron chi connectivity index (χ3n) is 6.88. The molecule has 2 aromatic carbocycles. The number of amides is 1. The maximum Gasteiger partial charge on any atom is 0.265 e. The smallest absolute Gasteiger partial charge is 0.265 e. The van der Waals surface area contributed by atoms with Crippen LogP contribution in [0.5, 0.6) is 5.75 Å². The predicted molar refractivity (Wildman–Crippen MR) is 133 cm³/mol. The Kier molecular flexibility index (Phi) is 7.39. The van der Waals surface area contributed by atoms with Crippen molar-refractivity contribution in [3.8, 4) is 11.8 Å². The number of halogens is 2. The third kappa shape index (κ3) is 5.31. The van der Waals surface area contributed by atoms with Gasteiger partial charge in [0.25, 0.3) is 5.91 Å². The molecule has 0 aliphatic carbocycles. The number of nitriles is 1. The fraction of sp³-hybridized carbons (Fsp3) is 0.462. The second-order valence-electron chi connectivity index (χ2n) is 9.46. The SMILES string of the molecule is CN(C)c1cc2c(cc1Cl)N(CCO)CC(C(=O)N1CCC(C#N)(Cc3ccc(F)cc3)CC1)O2. The number of β-amino-alcohol motifs (C(OH)–C–C–N with tert-alkyl or cyclic N) is 1. The summed E-state index contributed by atoms with van der Waals surface area (Å²) in [6, 6.07) is 12.3. The molecule has 2 aliphatic rings. The van der Waals surface area contributed by atoms with Gasteiger partial charge in [-0.05, 0) is 43.0 Å². The van der Waals surface area contributed by atoms with E-state index in [0.717, 1.165) is 16.9 Å². The summed E-state index contributed by atoms with van der Waals surface area (Å²) < 4.78 is 19.4. The molecular formula is C26H30ClFN4O3. The molecule has 0 saturated carbocycles. The first-order chi connectivity index (χ1) is 16.7. The van der Waals surface area contributed by atoms with Crippen LogP contribution in [-0.2, 0) is 11.2 Å². The van der Waals surface area contributed by atoms with Gasteiger partial charge in [-0.1, -0.05) is 23.7 Å². The summed E-state index contributed by atoms with van der Waals surface area (Å²) in [5.41, 5.74) is 1.85. The minimum Gasteiger partial charge on any atom is -0.476 e. The van der Waals surface area contributed by atoms with E-state index in [1.807, 2.05) is 30.0 Å². The number of likely N-dealkylation sites (tertiary alicyclic amines) is 1. The molecule has 35 heavy (non-hydrogen) atoms. The van der Waals surface area contributed by atoms with Crippen LogP contribution in [0.15, 0.2) is 36.4 Å². The highest BCUT2D eigenvalue weighted by Crippen LogP contribution is 2.41. The van der Waals surface area contributed by atoms with Crippen LogP contribution in [-0.4, -0.2) is 68.9 Å². The van der Waals surface area contributed by atoms with Crippen molar-refractivity contribution in [2.24, 2.45) is 5.41 Å². The number of nitrogens with zero attached hydrogens (tertiary/aromatic N) is 4. The molecule has 2 aliphatic heterocycles. The lowest BCUT2D eigenvalue weighted by Crippen LogP contribution is -2.53. The van der Waals surface area contributed by atoms with Gasteiger partial charge in [-0.2, -0.15) is 5.26 Å². The monoisotopic (exact) mass is 500 g/mol. The molecule has 9 heteroatoms. The van der Waals surface area contributed by atoms with E-state index >= 15 is 0 Å². The molecule has 1 unspecified atom stereocenters. The molecule has 4 rings (SSSR count). The fourth-order valence-corrected chi connectivity index (χ4v) is 5.17. The number of benzene rings is 2. The number of fused-ring (bicyclic) bond motifs is 1. The van der Waals surface area contributed by atoms with Crippen molar-refractivity contribution in [2.75, 3.05) is 56.7 Å². The lowest BCUT2D eigenvalue weighted by Gasteiger charge is -2.41. The van der Waals surface area contributed by atoms with Crippen LogP contribution in [0.25, 0.3) is 0 Å². The van der Waals surface area contributed by atoms with Gasteiger partial charge in [-0.25, -0.2) is 4.39 Å². The zero-order valence-corrected chi connectivity index (χ0v) is 20.8. The van der Waals surface area contributed by atoms with Crippen molar-refractivity contribution in [2.45, 2.75) is 25.4 Å². The zero-order valence-electron chi connectivity index (χ0n) is 20.0. The van der Waals surface area contributed by atoms with E-state index in [0.29, 0.717) is 56.2 Å². The number of rotatable bonds is 6. The molecule has 0 spiro atoms. The molecule has 2 aromatic rings. The maximum absolute atomic E-state index is 13.4. The van der Waals surface area contributed by atoms with Crippen LogP contribution in [0.4, 0.5) is 15.8 Å². The number of anilines is 2. The number of carbonyl (C=O) groups excluding carboxylic acids is 1. The van der Waals surface area contributed by atoms with Gasteiger partial charge in [0.15, 0.2) is 6.10 Å². The van der Waals surface area contributed by atoms with E-state index in [2.05, 4.69) is 6.07 Å². The molecule has 186 valence electrons. The largest absolute Gasteiger partial charge is 0.476 e. The summed E-state index contributed by atoms with van der Waals surface area (Å²) in [6.45, 7) is 1.49. The summed E-state index contributed by atoms with van der Waals surface area (Å²) in [5.74, 6) is 0.119. The Morgan fingerprint density at radius 3 is 2.57 bits per heavy atom. The summed E-state index contributed by atoms with van der Waals surface area (Å²) in [7, 11) is 3.76. The van der Waals surface area contributed by atoms with Gasteiger partial charge in [0, 0.05) is 39.8 Å². The van der Waals surface area contributed by atoms with E-state index in [-0.39, 0.29) is 18.3 Å². The van der Waals surface area contributed by atoms with Crippen LogP contribution in [0.2, 0.25) is 5.02 Å². The minimum absolute atomic E-state index is 0.0643. The van der Waals surface area contributed by atoms with Crippen LogP contribution in [0.1, 0.15) is 18.4 Å². The van der Waals surface area contributed by atoms with Gasteiger partial charge >= 0.3 is 0 Å². The number of hydrogen-bond acceptors (Lipinski definition) is 6. The van der Waals surface area contributed by atoms with Crippen molar-refractivity contribution in [3.63, 3.8) is 0 Å². The fourth-order valence-electron chi connectivity index (χ4n) is 4.85. The Morgan fingerprint density at radius 1 is 1.29 bits per heavy atom. The number of piperidine rings is 1. The van der Waals surface area contributed by atoms with Crippen molar-refractivity contribution in [1.82, 2.24) is 4.90 Å². The average Bonchev–Trinajstić information content (AvgIpc) is 2.85. The van der Waals surface area contributed by atoms with Crippen molar-refractivity contribution < 1.29 is 19.0 Å². The van der Waals surface area contributed by atoms with Crippen molar-refractivity contribution in [1.29, 1.82) is 5.26 Å². The van der Waals surface area contributed by atoms with Gasteiger partial charge in [0.05, 0.1) is 41.0 Å². The van der Waals surface area contributed by atoms with Gasteiger partial charge < -0.3 is 24.5 Å². The second kappa shape index (κ2) is 10.3. The zero-order chi connectivity index (χ0) is 25.2. The van der Waals surface area contributed by atoms with Crippen LogP contribution >= 0.6 is 11.6 Å². The molecule has 0 aromatic heterocycles. The van der Waals surface area contributed by atoms with E-state index in [9.17, 15) is 19.6 Å². The average molecular weight is 501 g/mol. The number of aliphatic hydroxyl groups is 1. The van der Waals surface area contributed by atoms with Crippen LogP contribution < -0.4 is 14.5 Å². The quantitative estimate of drug-likeness (QED) is 0.654. The molecule has 0 radical (unpaired) electrons. The van der Waals surface area contributed by atoms with Gasteiger partial charge in [0.2, 0.25) is 0 Å². The first-order valence-electron chi connectivity index (χ1n) is 11.7. The molecule has 1 N–H and O–H groups in total. The molecule has 7 nitrogen and oxygen atoms in total. The van der Waals surface area contributed by atoms with Gasteiger partial charge in [-0.15, -0.1) is 0 Å². The number of carbonyl (C=O) groups is 1. The normalized spacial score (nSPS) is 18.9. The molecule has 0 bridgehead atoms. The standard InChI is InChI=1S/C26H30ClFN4O3/c1-30(2)21-14-23-22(13-20(21)27)32(11-12-33)16-24(35-23)25(34)31-9-7-26(17-29,8-10-31)15-18-3-5-19(28)6-4-18/h3-6,13-14,24,33H,7-12,15-16H2,1-2H3. The Balaban J connectivity index is 1.47. The van der Waals surface area contributed by atoms with E-state index in [1.54, 1.807) is 23.1 Å². The van der Waals surface area contributed by atoms with E-state index < -0.39 is 11.5 Å². The van der Waals surface area contributed by atoms with Crippen LogP contribution in [0.3, 0.4) is 0 Å². The molecule has 1 fully saturated rings. The number of aliphatic hydroxyl groups excluding tert-OH is 1. The Labute approximate surface area is 210 Å². The summed E-state index contributed by atoms with van der Waals surface area (Å²) >= 11 is 6.44. The first kappa shape index (κ1) is 25.1. The van der Waals surface area contributed by atoms with Crippen molar-refractivity contribution >= 4 is 28.9 Å². The second-order valence-corrected chi connectivity index (χ2v) is 9.87. The van der Waals surface area contributed by atoms with Crippen molar-refractivity contribution in [3.05, 3.63) is 52.8 Å². The lowest BCUT2D eigenvalue weighted by molar-refractivity contribution is -0.140. The summed E-state index contributed by atoms with van der Waals surface area (Å²) in [5, 5.41) is 20.1. The molecule has 1 atom stereocenters. The summed E-state index contributed by atoms with van der Waals surface area (Å²) in [6.07, 6.45) is 0.877.